The summed E-state index contributed by atoms with van der Waals surface area (Å²) in [5.41, 5.74) is 4.38. The molecule has 0 bridgehead atoms. The first kappa shape index (κ1) is 17.6. The SMILES string of the molecule is CCCCC(C)C(=O)C(N)(C[C@@H]1CCNC1=O)C(=O)OC. The van der Waals surface area contributed by atoms with Crippen molar-refractivity contribution in [2.75, 3.05) is 13.7 Å². The highest BCUT2D eigenvalue weighted by molar-refractivity contribution is 6.09. The number of nitrogens with one attached hydrogen (secondary N) is 1. The fourth-order valence-electron chi connectivity index (χ4n) is 2.78. The number of hydrogen-bond acceptors (Lipinski definition) is 5. The molecule has 0 saturated carbocycles. The second-order valence-corrected chi connectivity index (χ2v) is 5.85. The third kappa shape index (κ3) is 4.03. The molecule has 2 unspecified atom stereocenters. The third-order valence-corrected chi connectivity index (χ3v) is 4.16. The number of hydrogen-bond donors (Lipinski definition) is 2. The Kier molecular flexibility index (Phi) is 6.33. The summed E-state index contributed by atoms with van der Waals surface area (Å²) in [5, 5.41) is 2.69. The predicted octanol–water partition coefficient (Wildman–Crippen LogP) is 0.779. The van der Waals surface area contributed by atoms with E-state index in [0.717, 1.165) is 12.8 Å². The average molecular weight is 298 g/mol. The van der Waals surface area contributed by atoms with E-state index in [1.165, 1.54) is 7.11 Å². The van der Waals surface area contributed by atoms with Gasteiger partial charge in [0.05, 0.1) is 7.11 Å². The van der Waals surface area contributed by atoms with Crippen molar-refractivity contribution >= 4 is 17.7 Å². The number of methoxy groups -OCH3 is 1. The largest absolute Gasteiger partial charge is 0.467 e. The Hall–Kier alpha value is -1.43. The minimum absolute atomic E-state index is 0.0147. The summed E-state index contributed by atoms with van der Waals surface area (Å²) >= 11 is 0. The minimum Gasteiger partial charge on any atom is -0.467 e. The Morgan fingerprint density at radius 2 is 2.19 bits per heavy atom. The lowest BCUT2D eigenvalue weighted by Gasteiger charge is -2.29. The van der Waals surface area contributed by atoms with E-state index in [-0.39, 0.29) is 24.0 Å². The number of nitrogens with two attached hydrogens (primary N) is 1. The van der Waals surface area contributed by atoms with Gasteiger partial charge >= 0.3 is 5.97 Å². The Labute approximate surface area is 125 Å². The quantitative estimate of drug-likeness (QED) is 0.509. The first-order chi connectivity index (χ1) is 9.86. The van der Waals surface area contributed by atoms with Gasteiger partial charge in [0.1, 0.15) is 0 Å². The molecule has 1 heterocycles. The molecule has 3 atom stereocenters. The number of Topliss-reactive ketones (excluding diaryl/α,β-unsaturated/α-hetero) is 1. The summed E-state index contributed by atoms with van der Waals surface area (Å²) < 4.78 is 4.72. The van der Waals surface area contributed by atoms with E-state index in [1.807, 2.05) is 6.92 Å². The molecule has 0 aromatic rings. The van der Waals surface area contributed by atoms with Crippen LogP contribution in [0.15, 0.2) is 0 Å². The molecule has 1 saturated heterocycles. The molecule has 0 aromatic heterocycles. The van der Waals surface area contributed by atoms with Gasteiger partial charge in [-0.15, -0.1) is 0 Å². The molecule has 1 aliphatic rings. The lowest BCUT2D eigenvalue weighted by atomic mass is 9.78. The molecule has 0 radical (unpaired) electrons. The van der Waals surface area contributed by atoms with Crippen LogP contribution in [0.3, 0.4) is 0 Å². The van der Waals surface area contributed by atoms with Gasteiger partial charge in [0.25, 0.3) is 0 Å². The second kappa shape index (κ2) is 7.54. The first-order valence-electron chi connectivity index (χ1n) is 7.56. The maximum absolute atomic E-state index is 12.6. The highest BCUT2D eigenvalue weighted by Crippen LogP contribution is 2.27. The number of amides is 1. The van der Waals surface area contributed by atoms with Crippen molar-refractivity contribution in [1.29, 1.82) is 0 Å². The molecule has 1 rings (SSSR count). The van der Waals surface area contributed by atoms with Gasteiger partial charge in [-0.05, 0) is 19.3 Å². The highest BCUT2D eigenvalue weighted by atomic mass is 16.5. The lowest BCUT2D eigenvalue weighted by Crippen LogP contribution is -2.58. The Morgan fingerprint density at radius 3 is 2.67 bits per heavy atom. The molecule has 1 amide bonds. The molecule has 0 spiro atoms. The van der Waals surface area contributed by atoms with Crippen molar-refractivity contribution in [3.8, 4) is 0 Å². The van der Waals surface area contributed by atoms with E-state index in [2.05, 4.69) is 5.32 Å². The van der Waals surface area contributed by atoms with Crippen molar-refractivity contribution in [3.05, 3.63) is 0 Å². The van der Waals surface area contributed by atoms with E-state index >= 15 is 0 Å². The molecular formula is C15H26N2O4. The first-order valence-corrected chi connectivity index (χ1v) is 7.56. The number of rotatable bonds is 8. The van der Waals surface area contributed by atoms with E-state index in [9.17, 15) is 14.4 Å². The molecule has 120 valence electrons. The number of unbranched alkanes of at least 4 members (excludes halogenated alkanes) is 1. The molecule has 21 heavy (non-hydrogen) atoms. The van der Waals surface area contributed by atoms with Crippen LogP contribution in [0.25, 0.3) is 0 Å². The van der Waals surface area contributed by atoms with Crippen LogP contribution >= 0.6 is 0 Å². The molecule has 6 heteroatoms. The van der Waals surface area contributed by atoms with E-state index in [1.54, 1.807) is 6.92 Å². The fourth-order valence-corrected chi connectivity index (χ4v) is 2.78. The summed E-state index contributed by atoms with van der Waals surface area (Å²) in [6.45, 7) is 4.37. The molecule has 1 aliphatic heterocycles. The standard InChI is InChI=1S/C15H26N2O4/c1-4-5-6-10(2)12(18)15(16,14(20)21-3)9-11-7-8-17-13(11)19/h10-11H,4-9,16H2,1-3H3,(H,17,19)/t10?,11-,15?/m0/s1. The van der Waals surface area contributed by atoms with Gasteiger partial charge in [-0.25, -0.2) is 4.79 Å². The van der Waals surface area contributed by atoms with Gasteiger partial charge < -0.3 is 15.8 Å². The van der Waals surface area contributed by atoms with Crippen molar-refractivity contribution < 1.29 is 19.1 Å². The van der Waals surface area contributed by atoms with Crippen LogP contribution < -0.4 is 11.1 Å². The third-order valence-electron chi connectivity index (χ3n) is 4.16. The van der Waals surface area contributed by atoms with E-state index in [0.29, 0.717) is 19.4 Å². The van der Waals surface area contributed by atoms with Gasteiger partial charge in [-0.2, -0.15) is 0 Å². The molecule has 3 N–H and O–H groups in total. The molecule has 0 aromatic carbocycles. The van der Waals surface area contributed by atoms with Crippen LogP contribution in [0.2, 0.25) is 0 Å². The lowest BCUT2D eigenvalue weighted by molar-refractivity contribution is -0.153. The smallest absolute Gasteiger partial charge is 0.333 e. The maximum atomic E-state index is 12.6. The summed E-state index contributed by atoms with van der Waals surface area (Å²) in [7, 11) is 1.21. The molecule has 1 fully saturated rings. The van der Waals surface area contributed by atoms with Crippen molar-refractivity contribution in [3.63, 3.8) is 0 Å². The second-order valence-electron chi connectivity index (χ2n) is 5.85. The van der Waals surface area contributed by atoms with E-state index in [4.69, 9.17) is 10.5 Å². The van der Waals surface area contributed by atoms with Gasteiger partial charge in [-0.3, -0.25) is 9.59 Å². The number of carbonyl (C=O) groups is 3. The zero-order valence-corrected chi connectivity index (χ0v) is 13.1. The number of carbonyl (C=O) groups excluding carboxylic acids is 3. The zero-order chi connectivity index (χ0) is 16.0. The average Bonchev–Trinajstić information content (AvgIpc) is 2.87. The summed E-state index contributed by atoms with van der Waals surface area (Å²) in [5.74, 6) is -1.96. The molecule has 6 nitrogen and oxygen atoms in total. The van der Waals surface area contributed by atoms with Gasteiger partial charge in [0, 0.05) is 18.4 Å². The van der Waals surface area contributed by atoms with Crippen LogP contribution in [0, 0.1) is 11.8 Å². The Bertz CT molecular complexity index is 410. The minimum atomic E-state index is -1.73. The van der Waals surface area contributed by atoms with E-state index < -0.39 is 17.4 Å². The zero-order valence-electron chi connectivity index (χ0n) is 13.1. The summed E-state index contributed by atoms with van der Waals surface area (Å²) in [6, 6.07) is 0. The van der Waals surface area contributed by atoms with Crippen molar-refractivity contribution in [2.24, 2.45) is 17.6 Å². The molecular weight excluding hydrogens is 272 g/mol. The normalized spacial score (nSPS) is 22.3. The summed E-state index contributed by atoms with van der Waals surface area (Å²) in [6.07, 6.45) is 3.15. The summed E-state index contributed by atoms with van der Waals surface area (Å²) in [4.78, 5) is 36.4. The van der Waals surface area contributed by atoms with Crippen molar-refractivity contribution in [2.45, 2.75) is 51.5 Å². The Morgan fingerprint density at radius 1 is 1.52 bits per heavy atom. The van der Waals surface area contributed by atoms with Crippen LogP contribution in [-0.2, 0) is 19.1 Å². The number of ketones is 1. The van der Waals surface area contributed by atoms with Gasteiger partial charge in [0.2, 0.25) is 5.91 Å². The number of esters is 1. The topological polar surface area (TPSA) is 98.5 Å². The fraction of sp³-hybridized carbons (Fsp3) is 0.800. The highest BCUT2D eigenvalue weighted by Gasteiger charge is 2.48. The van der Waals surface area contributed by atoms with Gasteiger partial charge in [0.15, 0.2) is 11.3 Å². The van der Waals surface area contributed by atoms with Crippen LogP contribution in [0.1, 0.15) is 46.0 Å². The Balaban J connectivity index is 2.89. The van der Waals surface area contributed by atoms with Crippen LogP contribution in [-0.4, -0.2) is 36.9 Å². The van der Waals surface area contributed by atoms with Gasteiger partial charge in [-0.1, -0.05) is 26.7 Å². The monoisotopic (exact) mass is 298 g/mol. The molecule has 0 aliphatic carbocycles. The van der Waals surface area contributed by atoms with Crippen molar-refractivity contribution in [1.82, 2.24) is 5.32 Å². The predicted molar refractivity (Wildman–Crippen MR) is 78.4 cm³/mol. The maximum Gasteiger partial charge on any atom is 0.333 e. The van der Waals surface area contributed by atoms with Crippen LogP contribution in [0.5, 0.6) is 0 Å². The number of ether oxygens (including phenoxy) is 1. The van der Waals surface area contributed by atoms with Crippen LogP contribution in [0.4, 0.5) is 0 Å².